The lowest BCUT2D eigenvalue weighted by Crippen LogP contribution is -2.32. The highest BCUT2D eigenvalue weighted by Crippen LogP contribution is 2.22. The first-order valence-corrected chi connectivity index (χ1v) is 7.63. The van der Waals surface area contributed by atoms with Crippen molar-refractivity contribution in [3.8, 4) is 0 Å². The zero-order valence-corrected chi connectivity index (χ0v) is 14.8. The second-order valence-corrected chi connectivity index (χ2v) is 7.43. The highest BCUT2D eigenvalue weighted by Gasteiger charge is 2.25. The lowest BCUT2D eigenvalue weighted by atomic mass is 9.95. The molecular weight excluding hydrogens is 256 g/mol. The van der Waals surface area contributed by atoms with E-state index in [-0.39, 0.29) is 23.4 Å². The first-order valence-electron chi connectivity index (χ1n) is 7.63. The van der Waals surface area contributed by atoms with Gasteiger partial charge in [0.2, 0.25) is 0 Å². The minimum atomic E-state index is -0.277. The van der Waals surface area contributed by atoms with Crippen LogP contribution in [0.15, 0.2) is 0 Å². The molecule has 0 saturated heterocycles. The summed E-state index contributed by atoms with van der Waals surface area (Å²) in [6.45, 7) is 18.2. The fourth-order valence-corrected chi connectivity index (χ4v) is 1.09. The van der Waals surface area contributed by atoms with E-state index >= 15 is 0 Å². The molecule has 0 amide bonds. The maximum atomic E-state index is 5.53. The molecule has 0 saturated carbocycles. The summed E-state index contributed by atoms with van der Waals surface area (Å²) in [6.07, 6.45) is 1.80. The Morgan fingerprint density at radius 1 is 0.700 bits per heavy atom. The van der Waals surface area contributed by atoms with E-state index in [0.29, 0.717) is 5.92 Å². The summed E-state index contributed by atoms with van der Waals surface area (Å²) < 4.78 is 0. The monoisotopic (exact) mass is 290 g/mol. The first-order chi connectivity index (χ1) is 8.94. The van der Waals surface area contributed by atoms with E-state index in [2.05, 4.69) is 13.8 Å². The van der Waals surface area contributed by atoms with E-state index in [0.717, 1.165) is 12.8 Å². The molecule has 4 heteroatoms. The molecule has 0 aliphatic rings. The Morgan fingerprint density at radius 3 is 1.45 bits per heavy atom. The Labute approximate surface area is 125 Å². The smallest absolute Gasteiger partial charge is 0.100 e. The van der Waals surface area contributed by atoms with E-state index in [1.807, 2.05) is 48.5 Å². The summed E-state index contributed by atoms with van der Waals surface area (Å²) in [5, 5.41) is 0. The summed E-state index contributed by atoms with van der Waals surface area (Å²) in [5.41, 5.74) is -0.549. The molecule has 0 radical (unpaired) electrons. The quantitative estimate of drug-likeness (QED) is 0.456. The summed E-state index contributed by atoms with van der Waals surface area (Å²) in [4.78, 5) is 21.6. The molecule has 20 heavy (non-hydrogen) atoms. The molecule has 0 N–H and O–H groups in total. The van der Waals surface area contributed by atoms with Gasteiger partial charge in [0.15, 0.2) is 0 Å². The van der Waals surface area contributed by atoms with Crippen molar-refractivity contribution in [3.63, 3.8) is 0 Å². The highest BCUT2D eigenvalue weighted by molar-refractivity contribution is 4.70. The minimum Gasteiger partial charge on any atom is -0.233 e. The number of rotatable bonds is 9. The van der Waals surface area contributed by atoms with Crippen LogP contribution in [0.1, 0.15) is 75.2 Å². The van der Waals surface area contributed by atoms with Crippen molar-refractivity contribution in [2.45, 2.75) is 98.6 Å². The van der Waals surface area contributed by atoms with Crippen LogP contribution >= 0.6 is 0 Å². The SMILES string of the molecule is CC(CCC(C)OOC(C)(C)C(C)C)OOC(C)(C)C. The minimum absolute atomic E-state index is 0.0358. The zero-order valence-electron chi connectivity index (χ0n) is 14.8. The van der Waals surface area contributed by atoms with Crippen LogP contribution in [0, 0.1) is 5.92 Å². The first kappa shape index (κ1) is 19.8. The molecule has 2 atom stereocenters. The molecule has 0 heterocycles. The van der Waals surface area contributed by atoms with Crippen molar-refractivity contribution in [1.82, 2.24) is 0 Å². The largest absolute Gasteiger partial charge is 0.233 e. The molecule has 0 spiro atoms. The highest BCUT2D eigenvalue weighted by atomic mass is 17.2. The molecule has 2 unspecified atom stereocenters. The van der Waals surface area contributed by atoms with Crippen LogP contribution in [-0.4, -0.2) is 23.4 Å². The molecule has 122 valence electrons. The van der Waals surface area contributed by atoms with Gasteiger partial charge < -0.3 is 0 Å². The maximum absolute atomic E-state index is 5.53. The normalized spacial score (nSPS) is 16.5. The van der Waals surface area contributed by atoms with Crippen molar-refractivity contribution in [2.75, 3.05) is 0 Å². The lowest BCUT2D eigenvalue weighted by Gasteiger charge is -2.29. The van der Waals surface area contributed by atoms with Gasteiger partial charge in [-0.1, -0.05) is 13.8 Å². The lowest BCUT2D eigenvalue weighted by molar-refractivity contribution is -0.387. The molecule has 0 fully saturated rings. The van der Waals surface area contributed by atoms with E-state index < -0.39 is 0 Å². The molecule has 0 aromatic rings. The van der Waals surface area contributed by atoms with Crippen LogP contribution in [-0.2, 0) is 19.6 Å². The predicted octanol–water partition coefficient (Wildman–Crippen LogP) is 4.67. The van der Waals surface area contributed by atoms with Gasteiger partial charge in [-0.3, -0.25) is 0 Å². The van der Waals surface area contributed by atoms with Crippen molar-refractivity contribution in [1.29, 1.82) is 0 Å². The molecule has 4 nitrogen and oxygen atoms in total. The Balaban J connectivity index is 3.85. The standard InChI is InChI=1S/C16H34O4/c1-12(2)16(8,9)20-18-14(4)11-10-13(3)17-19-15(5,6)7/h12-14H,10-11H2,1-9H3. The van der Waals surface area contributed by atoms with E-state index in [1.54, 1.807) is 0 Å². The third-order valence-corrected chi connectivity index (χ3v) is 3.26. The van der Waals surface area contributed by atoms with Crippen LogP contribution < -0.4 is 0 Å². The van der Waals surface area contributed by atoms with E-state index in [4.69, 9.17) is 19.6 Å². The Bertz CT molecular complexity index is 256. The fourth-order valence-electron chi connectivity index (χ4n) is 1.09. The Morgan fingerprint density at radius 2 is 1.10 bits per heavy atom. The van der Waals surface area contributed by atoms with Gasteiger partial charge in [-0.25, -0.2) is 19.6 Å². The zero-order chi connectivity index (χ0) is 16.0. The van der Waals surface area contributed by atoms with Crippen LogP contribution in [0.25, 0.3) is 0 Å². The van der Waals surface area contributed by atoms with E-state index in [1.165, 1.54) is 0 Å². The second-order valence-electron chi connectivity index (χ2n) is 7.43. The third-order valence-electron chi connectivity index (χ3n) is 3.26. The Kier molecular flexibility index (Phi) is 8.26. The fraction of sp³-hybridized carbons (Fsp3) is 1.00. The average molecular weight is 290 g/mol. The molecule has 0 bridgehead atoms. The molecule has 0 aliphatic heterocycles. The molecular formula is C16H34O4. The summed E-state index contributed by atoms with van der Waals surface area (Å²) >= 11 is 0. The van der Waals surface area contributed by atoms with Crippen molar-refractivity contribution in [3.05, 3.63) is 0 Å². The van der Waals surface area contributed by atoms with Gasteiger partial charge in [-0.05, 0) is 67.2 Å². The molecule has 0 aromatic carbocycles. The van der Waals surface area contributed by atoms with Gasteiger partial charge in [0.25, 0.3) is 0 Å². The number of hydrogen-bond donors (Lipinski definition) is 0. The third kappa shape index (κ3) is 9.70. The van der Waals surface area contributed by atoms with Crippen LogP contribution in [0.3, 0.4) is 0 Å². The van der Waals surface area contributed by atoms with Gasteiger partial charge in [-0.15, -0.1) is 0 Å². The van der Waals surface area contributed by atoms with Gasteiger partial charge in [0, 0.05) is 0 Å². The maximum Gasteiger partial charge on any atom is 0.100 e. The molecule has 0 rings (SSSR count). The summed E-state index contributed by atoms with van der Waals surface area (Å²) in [5.74, 6) is 0.400. The average Bonchev–Trinajstić information content (AvgIpc) is 2.30. The van der Waals surface area contributed by atoms with Gasteiger partial charge in [0.1, 0.15) is 5.60 Å². The summed E-state index contributed by atoms with van der Waals surface area (Å²) in [7, 11) is 0. The van der Waals surface area contributed by atoms with Gasteiger partial charge in [-0.2, -0.15) is 0 Å². The van der Waals surface area contributed by atoms with Crippen LogP contribution in [0.2, 0.25) is 0 Å². The van der Waals surface area contributed by atoms with Crippen LogP contribution in [0.4, 0.5) is 0 Å². The second kappa shape index (κ2) is 8.32. The summed E-state index contributed by atoms with van der Waals surface area (Å²) in [6, 6.07) is 0. The van der Waals surface area contributed by atoms with Gasteiger partial charge in [0.05, 0.1) is 17.8 Å². The van der Waals surface area contributed by atoms with Crippen molar-refractivity contribution < 1.29 is 19.6 Å². The van der Waals surface area contributed by atoms with Crippen molar-refractivity contribution >= 4 is 0 Å². The van der Waals surface area contributed by atoms with Crippen LogP contribution in [0.5, 0.6) is 0 Å². The predicted molar refractivity (Wildman–Crippen MR) is 81.2 cm³/mol. The molecule has 0 aliphatic carbocycles. The Hall–Kier alpha value is -0.160. The number of hydrogen-bond acceptors (Lipinski definition) is 4. The van der Waals surface area contributed by atoms with Crippen molar-refractivity contribution in [2.24, 2.45) is 5.92 Å². The molecule has 0 aromatic heterocycles. The topological polar surface area (TPSA) is 36.9 Å². The van der Waals surface area contributed by atoms with Gasteiger partial charge >= 0.3 is 0 Å². The van der Waals surface area contributed by atoms with E-state index in [9.17, 15) is 0 Å².